The van der Waals surface area contributed by atoms with Crippen LogP contribution in [0.4, 0.5) is 0 Å². The van der Waals surface area contributed by atoms with E-state index in [1.807, 2.05) is 11.1 Å². The van der Waals surface area contributed by atoms with Crippen molar-refractivity contribution in [2.45, 2.75) is 6.42 Å². The molecule has 1 aliphatic heterocycles. The molecule has 14 heavy (non-hydrogen) atoms. The molecule has 1 aromatic carbocycles. The van der Waals surface area contributed by atoms with Gasteiger partial charge in [-0.3, -0.25) is 0 Å². The third kappa shape index (κ3) is 2.67. The minimum absolute atomic E-state index is 0. The molecule has 0 radical (unpaired) electrons. The maximum atomic E-state index is 5.83. The predicted molar refractivity (Wildman–Crippen MR) is 60.5 cm³/mol. The summed E-state index contributed by atoms with van der Waals surface area (Å²) >= 11 is 11.6. The Hall–Kier alpha value is -0.150. The fraction of sp³-hybridized carbons (Fsp3) is 0.333. The summed E-state index contributed by atoms with van der Waals surface area (Å²) in [6.45, 7) is 1.97. The van der Waals surface area contributed by atoms with Crippen molar-refractivity contribution in [3.8, 4) is 5.75 Å². The van der Waals surface area contributed by atoms with E-state index in [9.17, 15) is 0 Å². The SMILES string of the molecule is Cl.Clc1ccc(ON2CCC2)cc1Cl. The molecule has 0 aliphatic carbocycles. The Morgan fingerprint density at radius 2 is 1.86 bits per heavy atom. The van der Waals surface area contributed by atoms with Gasteiger partial charge in [-0.15, -0.1) is 17.5 Å². The monoisotopic (exact) mass is 253 g/mol. The minimum atomic E-state index is 0. The van der Waals surface area contributed by atoms with E-state index in [4.69, 9.17) is 28.0 Å². The molecule has 2 rings (SSSR count). The van der Waals surface area contributed by atoms with E-state index in [1.54, 1.807) is 12.1 Å². The average molecular weight is 255 g/mol. The van der Waals surface area contributed by atoms with E-state index in [-0.39, 0.29) is 12.4 Å². The molecular formula is C9H10Cl3NO. The second-order valence-corrected chi connectivity index (χ2v) is 3.76. The highest BCUT2D eigenvalue weighted by Crippen LogP contribution is 2.27. The average Bonchev–Trinajstić information content (AvgIpc) is 2.04. The van der Waals surface area contributed by atoms with Crippen LogP contribution in [0.5, 0.6) is 5.75 Å². The van der Waals surface area contributed by atoms with E-state index in [0.29, 0.717) is 10.0 Å². The third-order valence-electron chi connectivity index (χ3n) is 1.94. The largest absolute Gasteiger partial charge is 0.406 e. The van der Waals surface area contributed by atoms with E-state index < -0.39 is 0 Å². The van der Waals surface area contributed by atoms with E-state index in [2.05, 4.69) is 0 Å². The summed E-state index contributed by atoms with van der Waals surface area (Å²) in [6.07, 6.45) is 1.20. The Labute approximate surface area is 99.1 Å². The first kappa shape index (κ1) is 11.9. The first-order valence-corrected chi connectivity index (χ1v) is 4.89. The molecule has 1 aromatic rings. The van der Waals surface area contributed by atoms with Gasteiger partial charge in [-0.05, 0) is 18.6 Å². The second kappa shape index (κ2) is 5.08. The predicted octanol–water partition coefficient (Wildman–Crippen LogP) is 3.41. The van der Waals surface area contributed by atoms with Crippen LogP contribution in [0.3, 0.4) is 0 Å². The van der Waals surface area contributed by atoms with Crippen LogP contribution in [0.15, 0.2) is 18.2 Å². The van der Waals surface area contributed by atoms with Crippen molar-refractivity contribution in [3.63, 3.8) is 0 Å². The number of nitrogens with zero attached hydrogens (tertiary/aromatic N) is 1. The zero-order valence-corrected chi connectivity index (χ0v) is 9.70. The third-order valence-corrected chi connectivity index (χ3v) is 2.68. The molecule has 0 bridgehead atoms. The van der Waals surface area contributed by atoms with Crippen LogP contribution in [0.25, 0.3) is 0 Å². The van der Waals surface area contributed by atoms with Crippen LogP contribution in [0.1, 0.15) is 6.42 Å². The highest BCUT2D eigenvalue weighted by molar-refractivity contribution is 6.42. The molecule has 78 valence electrons. The number of hydrogen-bond acceptors (Lipinski definition) is 2. The molecule has 1 aliphatic rings. The molecule has 2 nitrogen and oxygen atoms in total. The highest BCUT2D eigenvalue weighted by atomic mass is 35.5. The van der Waals surface area contributed by atoms with Crippen molar-refractivity contribution in [1.82, 2.24) is 5.06 Å². The molecule has 1 saturated heterocycles. The second-order valence-electron chi connectivity index (χ2n) is 2.95. The van der Waals surface area contributed by atoms with Gasteiger partial charge in [-0.25, -0.2) is 0 Å². The van der Waals surface area contributed by atoms with E-state index in [0.717, 1.165) is 18.8 Å². The lowest BCUT2D eigenvalue weighted by Gasteiger charge is -2.29. The van der Waals surface area contributed by atoms with Gasteiger partial charge in [0, 0.05) is 19.2 Å². The molecule has 1 heterocycles. The Kier molecular flexibility index (Phi) is 4.32. The normalized spacial score (nSPS) is 15.6. The number of rotatable bonds is 2. The van der Waals surface area contributed by atoms with Gasteiger partial charge in [0.1, 0.15) is 5.75 Å². The van der Waals surface area contributed by atoms with Gasteiger partial charge < -0.3 is 4.84 Å². The Morgan fingerprint density at radius 3 is 2.36 bits per heavy atom. The lowest BCUT2D eigenvalue weighted by atomic mass is 10.3. The molecular weight excluding hydrogens is 244 g/mol. The first-order valence-electron chi connectivity index (χ1n) is 4.14. The maximum absolute atomic E-state index is 5.83. The summed E-state index contributed by atoms with van der Waals surface area (Å²) in [5.41, 5.74) is 0. The van der Waals surface area contributed by atoms with Gasteiger partial charge in [-0.1, -0.05) is 23.2 Å². The molecule has 0 atom stereocenters. The topological polar surface area (TPSA) is 12.5 Å². The number of benzene rings is 1. The van der Waals surface area contributed by atoms with Gasteiger partial charge in [0.15, 0.2) is 0 Å². The molecule has 1 fully saturated rings. The molecule has 0 unspecified atom stereocenters. The van der Waals surface area contributed by atoms with Gasteiger partial charge in [0.2, 0.25) is 0 Å². The van der Waals surface area contributed by atoms with Crippen LogP contribution < -0.4 is 4.84 Å². The Morgan fingerprint density at radius 1 is 1.14 bits per heavy atom. The number of hydrogen-bond donors (Lipinski definition) is 0. The molecule has 5 heteroatoms. The number of hydroxylamine groups is 2. The maximum Gasteiger partial charge on any atom is 0.149 e. The standard InChI is InChI=1S/C9H9Cl2NO.ClH/c10-8-3-2-7(6-9(8)11)13-12-4-1-5-12;/h2-3,6H,1,4-5H2;1H. The molecule has 0 amide bonds. The molecule has 0 N–H and O–H groups in total. The number of halogens is 3. The molecule has 0 saturated carbocycles. The van der Waals surface area contributed by atoms with Gasteiger partial charge in [0.05, 0.1) is 10.0 Å². The van der Waals surface area contributed by atoms with E-state index >= 15 is 0 Å². The Balaban J connectivity index is 0.000000980. The van der Waals surface area contributed by atoms with Crippen molar-refractivity contribution in [3.05, 3.63) is 28.2 Å². The fourth-order valence-corrected chi connectivity index (χ4v) is 1.35. The molecule has 0 spiro atoms. The lowest BCUT2D eigenvalue weighted by Crippen LogP contribution is -2.39. The summed E-state index contributed by atoms with van der Waals surface area (Å²) < 4.78 is 0. The molecule has 0 aromatic heterocycles. The van der Waals surface area contributed by atoms with Gasteiger partial charge >= 0.3 is 0 Å². The zero-order chi connectivity index (χ0) is 9.26. The quantitative estimate of drug-likeness (QED) is 0.802. The van der Waals surface area contributed by atoms with Crippen LogP contribution in [-0.4, -0.2) is 18.2 Å². The van der Waals surface area contributed by atoms with E-state index in [1.165, 1.54) is 6.42 Å². The van der Waals surface area contributed by atoms with Crippen LogP contribution in [0.2, 0.25) is 10.0 Å². The summed E-state index contributed by atoms with van der Waals surface area (Å²) in [7, 11) is 0. The highest BCUT2D eigenvalue weighted by Gasteiger charge is 2.15. The fourth-order valence-electron chi connectivity index (χ4n) is 1.06. The van der Waals surface area contributed by atoms with Crippen LogP contribution >= 0.6 is 35.6 Å². The van der Waals surface area contributed by atoms with Crippen LogP contribution in [0, 0.1) is 0 Å². The summed E-state index contributed by atoms with van der Waals surface area (Å²) in [5, 5.41) is 2.97. The van der Waals surface area contributed by atoms with Gasteiger partial charge in [-0.2, -0.15) is 0 Å². The summed E-state index contributed by atoms with van der Waals surface area (Å²) in [5.74, 6) is 0.745. The zero-order valence-electron chi connectivity index (χ0n) is 7.37. The Bertz CT molecular complexity index is 315. The van der Waals surface area contributed by atoms with Gasteiger partial charge in [0.25, 0.3) is 0 Å². The van der Waals surface area contributed by atoms with Crippen molar-refractivity contribution >= 4 is 35.6 Å². The van der Waals surface area contributed by atoms with Crippen molar-refractivity contribution in [1.29, 1.82) is 0 Å². The minimum Gasteiger partial charge on any atom is -0.406 e. The van der Waals surface area contributed by atoms with Crippen molar-refractivity contribution in [2.24, 2.45) is 0 Å². The summed E-state index contributed by atoms with van der Waals surface area (Å²) in [6, 6.07) is 5.27. The van der Waals surface area contributed by atoms with Crippen LogP contribution in [-0.2, 0) is 0 Å². The lowest BCUT2D eigenvalue weighted by molar-refractivity contribution is -0.107. The van der Waals surface area contributed by atoms with Crippen molar-refractivity contribution in [2.75, 3.05) is 13.1 Å². The first-order chi connectivity index (χ1) is 6.25. The summed E-state index contributed by atoms with van der Waals surface area (Å²) in [4.78, 5) is 5.48. The smallest absolute Gasteiger partial charge is 0.149 e. The van der Waals surface area contributed by atoms with Crippen molar-refractivity contribution < 1.29 is 4.84 Å².